The van der Waals surface area contributed by atoms with E-state index in [1.54, 1.807) is 25.1 Å². The van der Waals surface area contributed by atoms with Crippen molar-refractivity contribution in [2.24, 2.45) is 0 Å². The van der Waals surface area contributed by atoms with Crippen LogP contribution in [0, 0.1) is 12.7 Å². The second-order valence-electron chi connectivity index (χ2n) is 4.33. The van der Waals surface area contributed by atoms with Crippen molar-refractivity contribution in [2.75, 3.05) is 5.32 Å². The van der Waals surface area contributed by atoms with Gasteiger partial charge in [0.2, 0.25) is 0 Å². The topological polar surface area (TPSA) is 37.8 Å². The van der Waals surface area contributed by atoms with Crippen molar-refractivity contribution >= 4 is 27.4 Å². The number of aryl methyl sites for hydroxylation is 2. The largest absolute Gasteiger partial charge is 0.340 e. The Kier molecular flexibility index (Phi) is 4.47. The molecular weight excluding hydrogens is 309 g/mol. The first kappa shape index (κ1) is 13.9. The highest BCUT2D eigenvalue weighted by Gasteiger charge is 2.04. The summed E-state index contributed by atoms with van der Waals surface area (Å²) in [5.74, 6) is 1.29. The predicted molar refractivity (Wildman–Crippen MR) is 78.1 cm³/mol. The van der Waals surface area contributed by atoms with Gasteiger partial charge in [0, 0.05) is 18.2 Å². The average Bonchev–Trinajstić information content (AvgIpc) is 2.33. The highest BCUT2D eigenvalue weighted by Crippen LogP contribution is 2.20. The fourth-order valence-electron chi connectivity index (χ4n) is 1.73. The van der Waals surface area contributed by atoms with Crippen molar-refractivity contribution in [2.45, 2.75) is 26.7 Å². The van der Waals surface area contributed by atoms with Crippen molar-refractivity contribution in [1.29, 1.82) is 0 Å². The molecule has 0 aliphatic carbocycles. The molecule has 0 amide bonds. The Morgan fingerprint density at radius 1 is 1.26 bits per heavy atom. The van der Waals surface area contributed by atoms with Gasteiger partial charge in [0.15, 0.2) is 0 Å². The maximum absolute atomic E-state index is 13.2. The summed E-state index contributed by atoms with van der Waals surface area (Å²) in [5.41, 5.74) is 1.42. The summed E-state index contributed by atoms with van der Waals surface area (Å²) in [6, 6.07) is 6.70. The molecule has 0 fully saturated rings. The Morgan fingerprint density at radius 3 is 2.74 bits per heavy atom. The van der Waals surface area contributed by atoms with E-state index >= 15 is 0 Å². The summed E-state index contributed by atoms with van der Waals surface area (Å²) in [6.07, 6.45) is 1.82. The minimum absolute atomic E-state index is 0.207. The smallest absolute Gasteiger partial charge is 0.135 e. The SMILES string of the molecule is CCCc1nc(Br)cc(Nc2ccc(F)c(C)c2)n1. The quantitative estimate of drug-likeness (QED) is 0.848. The molecule has 19 heavy (non-hydrogen) atoms. The number of hydrogen-bond donors (Lipinski definition) is 1. The van der Waals surface area contributed by atoms with Crippen molar-refractivity contribution in [3.63, 3.8) is 0 Å². The number of nitrogens with zero attached hydrogens (tertiary/aromatic N) is 2. The lowest BCUT2D eigenvalue weighted by Crippen LogP contribution is -2.01. The number of halogens is 2. The molecule has 0 spiro atoms. The van der Waals surface area contributed by atoms with Gasteiger partial charge in [-0.1, -0.05) is 6.92 Å². The van der Waals surface area contributed by atoms with Gasteiger partial charge in [-0.3, -0.25) is 0 Å². The van der Waals surface area contributed by atoms with Gasteiger partial charge in [0.1, 0.15) is 22.1 Å². The van der Waals surface area contributed by atoms with Crippen LogP contribution in [0.4, 0.5) is 15.9 Å². The first-order chi connectivity index (χ1) is 9.08. The predicted octanol–water partition coefficient (Wildman–Crippen LogP) is 4.38. The zero-order valence-corrected chi connectivity index (χ0v) is 12.5. The van der Waals surface area contributed by atoms with Crippen LogP contribution in [0.5, 0.6) is 0 Å². The van der Waals surface area contributed by atoms with Crippen LogP contribution in [0.1, 0.15) is 24.7 Å². The molecule has 1 aromatic heterocycles. The summed E-state index contributed by atoms with van der Waals surface area (Å²) in [7, 11) is 0. The van der Waals surface area contributed by atoms with Gasteiger partial charge in [0.05, 0.1) is 0 Å². The molecule has 0 saturated heterocycles. The van der Waals surface area contributed by atoms with Crippen LogP contribution in [0.3, 0.4) is 0 Å². The van der Waals surface area contributed by atoms with Crippen LogP contribution in [0.2, 0.25) is 0 Å². The standard InChI is InChI=1S/C14H15BrFN3/c1-3-4-13-18-12(15)8-14(19-13)17-10-5-6-11(16)9(2)7-10/h5-8H,3-4H2,1-2H3,(H,17,18,19). The zero-order chi connectivity index (χ0) is 13.8. The van der Waals surface area contributed by atoms with Crippen molar-refractivity contribution in [3.05, 3.63) is 46.1 Å². The molecule has 0 aliphatic heterocycles. The summed E-state index contributed by atoms with van der Waals surface area (Å²) in [6.45, 7) is 3.82. The van der Waals surface area contributed by atoms with E-state index in [1.165, 1.54) is 6.07 Å². The molecule has 0 radical (unpaired) electrons. The maximum Gasteiger partial charge on any atom is 0.135 e. The summed E-state index contributed by atoms with van der Waals surface area (Å²) in [4.78, 5) is 8.73. The van der Waals surface area contributed by atoms with E-state index in [1.807, 2.05) is 0 Å². The lowest BCUT2D eigenvalue weighted by Gasteiger charge is -2.08. The van der Waals surface area contributed by atoms with E-state index in [4.69, 9.17) is 0 Å². The molecule has 1 N–H and O–H groups in total. The van der Waals surface area contributed by atoms with E-state index in [9.17, 15) is 4.39 Å². The third-order valence-electron chi connectivity index (χ3n) is 2.65. The highest BCUT2D eigenvalue weighted by molar-refractivity contribution is 9.10. The zero-order valence-electron chi connectivity index (χ0n) is 10.9. The van der Waals surface area contributed by atoms with Gasteiger partial charge in [-0.25, -0.2) is 14.4 Å². The van der Waals surface area contributed by atoms with Crippen molar-refractivity contribution < 1.29 is 4.39 Å². The van der Waals surface area contributed by atoms with Gasteiger partial charge >= 0.3 is 0 Å². The van der Waals surface area contributed by atoms with E-state index in [-0.39, 0.29) is 5.82 Å². The number of nitrogens with one attached hydrogen (secondary N) is 1. The fourth-order valence-corrected chi connectivity index (χ4v) is 2.16. The molecule has 0 saturated carbocycles. The number of aromatic nitrogens is 2. The first-order valence-corrected chi connectivity index (χ1v) is 6.94. The molecule has 1 heterocycles. The molecule has 0 unspecified atom stereocenters. The van der Waals surface area contributed by atoms with Crippen LogP contribution >= 0.6 is 15.9 Å². The fraction of sp³-hybridized carbons (Fsp3) is 0.286. The highest BCUT2D eigenvalue weighted by atomic mass is 79.9. The second-order valence-corrected chi connectivity index (χ2v) is 5.14. The molecule has 100 valence electrons. The maximum atomic E-state index is 13.2. The molecule has 0 bridgehead atoms. The number of anilines is 2. The third kappa shape index (κ3) is 3.73. The van der Waals surface area contributed by atoms with Crippen molar-refractivity contribution in [1.82, 2.24) is 9.97 Å². The minimum Gasteiger partial charge on any atom is -0.340 e. The summed E-state index contributed by atoms with van der Waals surface area (Å²) in [5, 5.41) is 3.16. The molecule has 0 aliphatic rings. The minimum atomic E-state index is -0.207. The molecule has 2 rings (SSSR count). The van der Waals surface area contributed by atoms with Gasteiger partial charge in [-0.2, -0.15) is 0 Å². The molecule has 0 atom stereocenters. The average molecular weight is 324 g/mol. The monoisotopic (exact) mass is 323 g/mol. The van der Waals surface area contributed by atoms with Crippen LogP contribution < -0.4 is 5.32 Å². The van der Waals surface area contributed by atoms with Crippen LogP contribution in [-0.2, 0) is 6.42 Å². The third-order valence-corrected chi connectivity index (χ3v) is 3.05. The molecular formula is C14H15BrFN3. The molecule has 5 heteroatoms. The molecule has 2 aromatic rings. The number of hydrogen-bond acceptors (Lipinski definition) is 3. The second kappa shape index (κ2) is 6.10. The normalized spacial score (nSPS) is 10.5. The van der Waals surface area contributed by atoms with E-state index in [0.717, 1.165) is 29.0 Å². The van der Waals surface area contributed by atoms with E-state index < -0.39 is 0 Å². The number of benzene rings is 1. The summed E-state index contributed by atoms with van der Waals surface area (Å²) < 4.78 is 13.9. The Morgan fingerprint density at radius 2 is 2.05 bits per heavy atom. The van der Waals surface area contributed by atoms with E-state index in [0.29, 0.717) is 11.4 Å². The first-order valence-electron chi connectivity index (χ1n) is 6.15. The van der Waals surface area contributed by atoms with Gasteiger partial charge in [-0.05, 0) is 53.0 Å². The van der Waals surface area contributed by atoms with Gasteiger partial charge in [-0.15, -0.1) is 0 Å². The Balaban J connectivity index is 2.24. The Bertz CT molecular complexity index is 587. The summed E-state index contributed by atoms with van der Waals surface area (Å²) >= 11 is 3.37. The lowest BCUT2D eigenvalue weighted by molar-refractivity contribution is 0.619. The van der Waals surface area contributed by atoms with E-state index in [2.05, 4.69) is 38.1 Å². The Hall–Kier alpha value is -1.49. The van der Waals surface area contributed by atoms with Crippen molar-refractivity contribution in [3.8, 4) is 0 Å². The molecule has 3 nitrogen and oxygen atoms in total. The van der Waals surface area contributed by atoms with Gasteiger partial charge < -0.3 is 5.32 Å². The number of rotatable bonds is 4. The van der Waals surface area contributed by atoms with Crippen LogP contribution in [0.15, 0.2) is 28.9 Å². The Labute approximate surface area is 120 Å². The van der Waals surface area contributed by atoms with Gasteiger partial charge in [0.25, 0.3) is 0 Å². The van der Waals surface area contributed by atoms with Crippen LogP contribution in [0.25, 0.3) is 0 Å². The lowest BCUT2D eigenvalue weighted by atomic mass is 10.2. The molecule has 1 aromatic carbocycles. The van der Waals surface area contributed by atoms with Crippen LogP contribution in [-0.4, -0.2) is 9.97 Å².